The van der Waals surface area contributed by atoms with Gasteiger partial charge in [0.25, 0.3) is 0 Å². The lowest BCUT2D eigenvalue weighted by Gasteiger charge is -2.29. The average molecular weight is 288 g/mol. The summed E-state index contributed by atoms with van der Waals surface area (Å²) in [6, 6.07) is 8.71. The van der Waals surface area contributed by atoms with Crippen LogP contribution in [0.3, 0.4) is 0 Å². The van der Waals surface area contributed by atoms with Crippen molar-refractivity contribution < 1.29 is 4.79 Å². The summed E-state index contributed by atoms with van der Waals surface area (Å²) in [5.74, 6) is 0.546. The highest BCUT2D eigenvalue weighted by Gasteiger charge is 2.37. The maximum Gasteiger partial charge on any atom is 0.227 e. The van der Waals surface area contributed by atoms with Crippen LogP contribution in [0.15, 0.2) is 24.3 Å². The minimum absolute atomic E-state index is 0.0841. The van der Waals surface area contributed by atoms with E-state index >= 15 is 0 Å². The average Bonchev–Trinajstić information content (AvgIpc) is 2.92. The van der Waals surface area contributed by atoms with E-state index in [-0.39, 0.29) is 17.4 Å². The molecule has 1 amide bonds. The summed E-state index contributed by atoms with van der Waals surface area (Å²) in [7, 11) is 0. The van der Waals surface area contributed by atoms with Crippen molar-refractivity contribution in [3.63, 3.8) is 0 Å². The van der Waals surface area contributed by atoms with Gasteiger partial charge >= 0.3 is 0 Å². The van der Waals surface area contributed by atoms with Crippen LogP contribution in [-0.4, -0.2) is 19.0 Å². The Kier molecular flexibility index (Phi) is 5.04. The Morgan fingerprint density at radius 3 is 2.48 bits per heavy atom. The normalized spacial score (nSPS) is 23.3. The van der Waals surface area contributed by atoms with Crippen molar-refractivity contribution in [2.24, 2.45) is 11.3 Å². The first-order valence-electron chi connectivity index (χ1n) is 8.07. The lowest BCUT2D eigenvalue weighted by Crippen LogP contribution is -2.43. The molecular formula is C18H28N2O. The van der Waals surface area contributed by atoms with Crippen LogP contribution in [0.25, 0.3) is 0 Å². The zero-order chi connectivity index (χ0) is 15.5. The number of carbonyl (C=O) groups excluding carboxylic acids is 1. The highest BCUT2D eigenvalue weighted by molar-refractivity contribution is 5.83. The second-order valence-corrected chi connectivity index (χ2v) is 6.78. The van der Waals surface area contributed by atoms with Crippen LogP contribution in [0.5, 0.6) is 0 Å². The lowest BCUT2D eigenvalue weighted by molar-refractivity contribution is -0.130. The van der Waals surface area contributed by atoms with Gasteiger partial charge in [-0.1, -0.05) is 45.0 Å². The summed E-state index contributed by atoms with van der Waals surface area (Å²) in [6.45, 7) is 10.2. The standard InChI is InChI=1S/C18H28N2O/c1-5-14-6-8-15(9-7-14)16(13(2)3)20-17(21)18(4)10-11-19-12-18/h6-9,13,16,19H,5,10-12H2,1-4H3,(H,20,21). The summed E-state index contributed by atoms with van der Waals surface area (Å²) in [6.07, 6.45) is 1.96. The zero-order valence-corrected chi connectivity index (χ0v) is 13.7. The van der Waals surface area contributed by atoms with E-state index in [1.165, 1.54) is 11.1 Å². The maximum absolute atomic E-state index is 12.6. The molecule has 2 N–H and O–H groups in total. The third kappa shape index (κ3) is 3.65. The summed E-state index contributed by atoms with van der Waals surface area (Å²) < 4.78 is 0. The van der Waals surface area contributed by atoms with Gasteiger partial charge in [-0.05, 0) is 43.4 Å². The predicted octanol–water partition coefficient (Wildman–Crippen LogP) is 3.06. The third-order valence-electron chi connectivity index (χ3n) is 4.62. The molecule has 1 fully saturated rings. The van der Waals surface area contributed by atoms with Crippen molar-refractivity contribution in [3.05, 3.63) is 35.4 Å². The van der Waals surface area contributed by atoms with E-state index in [1.54, 1.807) is 0 Å². The van der Waals surface area contributed by atoms with E-state index in [0.29, 0.717) is 5.92 Å². The fourth-order valence-corrected chi connectivity index (χ4v) is 2.92. The molecule has 0 spiro atoms. The molecule has 0 aromatic heterocycles. The SMILES string of the molecule is CCc1ccc(C(NC(=O)C2(C)CCNC2)C(C)C)cc1. The van der Waals surface area contributed by atoms with E-state index < -0.39 is 0 Å². The van der Waals surface area contributed by atoms with E-state index in [4.69, 9.17) is 0 Å². The number of hydrogen-bond acceptors (Lipinski definition) is 2. The molecular weight excluding hydrogens is 260 g/mol. The molecule has 1 heterocycles. The summed E-state index contributed by atoms with van der Waals surface area (Å²) >= 11 is 0. The molecule has 116 valence electrons. The van der Waals surface area contributed by atoms with Gasteiger partial charge in [0.1, 0.15) is 0 Å². The predicted molar refractivity (Wildman–Crippen MR) is 87.1 cm³/mol. The Balaban J connectivity index is 2.13. The lowest BCUT2D eigenvalue weighted by atomic mass is 9.87. The van der Waals surface area contributed by atoms with Gasteiger partial charge in [0.2, 0.25) is 5.91 Å². The summed E-state index contributed by atoms with van der Waals surface area (Å²) in [5.41, 5.74) is 2.26. The number of rotatable bonds is 5. The molecule has 21 heavy (non-hydrogen) atoms. The van der Waals surface area contributed by atoms with E-state index in [1.807, 2.05) is 0 Å². The van der Waals surface area contributed by atoms with Gasteiger partial charge in [-0.3, -0.25) is 4.79 Å². The highest BCUT2D eigenvalue weighted by atomic mass is 16.2. The zero-order valence-electron chi connectivity index (χ0n) is 13.7. The molecule has 1 aliphatic heterocycles. The van der Waals surface area contributed by atoms with Crippen LogP contribution in [0, 0.1) is 11.3 Å². The molecule has 1 aromatic rings. The van der Waals surface area contributed by atoms with Crippen LogP contribution in [0.2, 0.25) is 0 Å². The van der Waals surface area contributed by atoms with Crippen molar-refractivity contribution in [2.75, 3.05) is 13.1 Å². The molecule has 3 nitrogen and oxygen atoms in total. The number of nitrogens with one attached hydrogen (secondary N) is 2. The molecule has 1 aliphatic rings. The molecule has 2 rings (SSSR count). The number of benzene rings is 1. The van der Waals surface area contributed by atoms with Crippen LogP contribution in [0.1, 0.15) is 51.3 Å². The molecule has 0 aliphatic carbocycles. The van der Waals surface area contributed by atoms with E-state index in [2.05, 4.69) is 62.6 Å². The number of carbonyl (C=O) groups is 1. The van der Waals surface area contributed by atoms with Gasteiger partial charge < -0.3 is 10.6 Å². The van der Waals surface area contributed by atoms with Gasteiger partial charge in [0.05, 0.1) is 11.5 Å². The molecule has 2 atom stereocenters. The molecule has 0 saturated carbocycles. The smallest absolute Gasteiger partial charge is 0.227 e. The molecule has 0 radical (unpaired) electrons. The third-order valence-corrected chi connectivity index (χ3v) is 4.62. The Morgan fingerprint density at radius 2 is 2.00 bits per heavy atom. The van der Waals surface area contributed by atoms with Crippen molar-refractivity contribution in [2.45, 2.75) is 46.6 Å². The summed E-state index contributed by atoms with van der Waals surface area (Å²) in [4.78, 5) is 12.6. The maximum atomic E-state index is 12.6. The first-order chi connectivity index (χ1) is 9.96. The Bertz CT molecular complexity index is 472. The van der Waals surface area contributed by atoms with Gasteiger partial charge in [0, 0.05) is 6.54 Å². The van der Waals surface area contributed by atoms with E-state index in [9.17, 15) is 4.79 Å². The van der Waals surface area contributed by atoms with Crippen LogP contribution in [0.4, 0.5) is 0 Å². The molecule has 0 bridgehead atoms. The molecule has 1 saturated heterocycles. The molecule has 3 heteroatoms. The number of amides is 1. The monoisotopic (exact) mass is 288 g/mol. The Labute approximate surface area is 128 Å². The highest BCUT2D eigenvalue weighted by Crippen LogP contribution is 2.28. The van der Waals surface area contributed by atoms with Crippen LogP contribution < -0.4 is 10.6 Å². The quantitative estimate of drug-likeness (QED) is 0.874. The largest absolute Gasteiger partial charge is 0.349 e. The topological polar surface area (TPSA) is 41.1 Å². The van der Waals surface area contributed by atoms with Crippen molar-refractivity contribution in [1.82, 2.24) is 10.6 Å². The van der Waals surface area contributed by atoms with E-state index in [0.717, 1.165) is 25.9 Å². The number of aryl methyl sites for hydroxylation is 1. The minimum Gasteiger partial charge on any atom is -0.349 e. The van der Waals surface area contributed by atoms with Gasteiger partial charge in [-0.2, -0.15) is 0 Å². The van der Waals surface area contributed by atoms with Crippen molar-refractivity contribution in [1.29, 1.82) is 0 Å². The Morgan fingerprint density at radius 1 is 1.33 bits per heavy atom. The van der Waals surface area contributed by atoms with Crippen molar-refractivity contribution >= 4 is 5.91 Å². The molecule has 1 aromatic carbocycles. The fourth-order valence-electron chi connectivity index (χ4n) is 2.92. The first-order valence-corrected chi connectivity index (χ1v) is 8.07. The van der Waals surface area contributed by atoms with Crippen molar-refractivity contribution in [3.8, 4) is 0 Å². The van der Waals surface area contributed by atoms with Gasteiger partial charge in [-0.25, -0.2) is 0 Å². The van der Waals surface area contributed by atoms with Gasteiger partial charge in [-0.15, -0.1) is 0 Å². The van der Waals surface area contributed by atoms with Gasteiger partial charge in [0.15, 0.2) is 0 Å². The Hall–Kier alpha value is -1.35. The summed E-state index contributed by atoms with van der Waals surface area (Å²) in [5, 5.41) is 6.56. The molecule has 2 unspecified atom stereocenters. The van der Waals surface area contributed by atoms with Crippen LogP contribution >= 0.6 is 0 Å². The fraction of sp³-hybridized carbons (Fsp3) is 0.611. The second kappa shape index (κ2) is 6.61. The number of hydrogen-bond donors (Lipinski definition) is 2. The first kappa shape index (κ1) is 16.0. The van der Waals surface area contributed by atoms with Crippen LogP contribution in [-0.2, 0) is 11.2 Å². The minimum atomic E-state index is -0.267. The second-order valence-electron chi connectivity index (χ2n) is 6.78.